The van der Waals surface area contributed by atoms with E-state index >= 15 is 0 Å². The van der Waals surface area contributed by atoms with E-state index in [2.05, 4.69) is 15.5 Å². The Kier molecular flexibility index (Phi) is 8.64. The van der Waals surface area contributed by atoms with Crippen LogP contribution in [0.1, 0.15) is 53.6 Å². The van der Waals surface area contributed by atoms with Crippen LogP contribution < -0.4 is 10.6 Å². The van der Waals surface area contributed by atoms with Crippen LogP contribution in [0.4, 0.5) is 13.2 Å². The molecule has 194 valence electrons. The molecular formula is C27H32F3N3O3. The summed E-state index contributed by atoms with van der Waals surface area (Å²) in [4.78, 5) is 27.4. The molecule has 2 aromatic rings. The molecule has 0 spiro atoms. The normalized spacial score (nSPS) is 21.3. The molecule has 0 radical (unpaired) electrons. The van der Waals surface area contributed by atoms with E-state index in [9.17, 15) is 22.8 Å². The van der Waals surface area contributed by atoms with Crippen molar-refractivity contribution >= 4 is 11.8 Å². The fourth-order valence-corrected chi connectivity index (χ4v) is 4.99. The number of hydrogen-bond acceptors (Lipinski definition) is 4. The van der Waals surface area contributed by atoms with Crippen LogP contribution in [0.5, 0.6) is 0 Å². The van der Waals surface area contributed by atoms with Crippen molar-refractivity contribution in [2.75, 3.05) is 19.6 Å². The minimum atomic E-state index is -4.55. The molecule has 6 nitrogen and oxygen atoms in total. The number of carbonyl (C=O) groups is 2. The van der Waals surface area contributed by atoms with E-state index in [1.165, 1.54) is 31.4 Å². The van der Waals surface area contributed by atoms with Crippen LogP contribution in [0.25, 0.3) is 0 Å². The maximum atomic E-state index is 12.9. The Morgan fingerprint density at radius 3 is 2.44 bits per heavy atom. The van der Waals surface area contributed by atoms with Gasteiger partial charge < -0.3 is 15.4 Å². The summed E-state index contributed by atoms with van der Waals surface area (Å²) in [6.45, 7) is 1.49. The van der Waals surface area contributed by atoms with E-state index in [0.717, 1.165) is 37.1 Å². The number of rotatable bonds is 8. The Balaban J connectivity index is 1.34. The summed E-state index contributed by atoms with van der Waals surface area (Å²) in [6, 6.07) is 14.2. The minimum absolute atomic E-state index is 0.147. The molecule has 9 heteroatoms. The summed E-state index contributed by atoms with van der Waals surface area (Å²) in [5.41, 5.74) is -0.00940. The van der Waals surface area contributed by atoms with Crippen molar-refractivity contribution in [1.29, 1.82) is 0 Å². The molecular weight excluding hydrogens is 471 g/mol. The summed E-state index contributed by atoms with van der Waals surface area (Å²) in [7, 11) is 0. The van der Waals surface area contributed by atoms with Crippen LogP contribution >= 0.6 is 0 Å². The van der Waals surface area contributed by atoms with Crippen LogP contribution in [-0.2, 0) is 22.3 Å². The van der Waals surface area contributed by atoms with E-state index in [-0.39, 0.29) is 24.3 Å². The van der Waals surface area contributed by atoms with Crippen molar-refractivity contribution in [3.8, 4) is 0 Å². The number of amides is 2. The highest BCUT2D eigenvalue weighted by molar-refractivity contribution is 5.96. The van der Waals surface area contributed by atoms with Crippen LogP contribution in [0.2, 0.25) is 0 Å². The molecule has 4 rings (SSSR count). The summed E-state index contributed by atoms with van der Waals surface area (Å²) in [6.07, 6.45) is 1.19. The van der Waals surface area contributed by atoms with Crippen molar-refractivity contribution in [1.82, 2.24) is 15.5 Å². The zero-order valence-corrected chi connectivity index (χ0v) is 20.1. The molecule has 2 atom stereocenters. The highest BCUT2D eigenvalue weighted by Gasteiger charge is 2.38. The van der Waals surface area contributed by atoms with Gasteiger partial charge in [-0.25, -0.2) is 0 Å². The second kappa shape index (κ2) is 11.9. The third-order valence-corrected chi connectivity index (χ3v) is 6.90. The van der Waals surface area contributed by atoms with Crippen molar-refractivity contribution in [2.45, 2.75) is 63.1 Å². The number of halogens is 3. The van der Waals surface area contributed by atoms with E-state index in [1.807, 2.05) is 30.3 Å². The van der Waals surface area contributed by atoms with Crippen LogP contribution in [-0.4, -0.2) is 54.5 Å². The van der Waals surface area contributed by atoms with Gasteiger partial charge in [-0.1, -0.05) is 55.7 Å². The highest BCUT2D eigenvalue weighted by Crippen LogP contribution is 2.30. The van der Waals surface area contributed by atoms with Gasteiger partial charge in [-0.15, -0.1) is 0 Å². The number of nitrogens with zero attached hydrogens (tertiary/aromatic N) is 1. The summed E-state index contributed by atoms with van der Waals surface area (Å²) in [5.74, 6) is -1.14. The third-order valence-electron chi connectivity index (χ3n) is 6.90. The monoisotopic (exact) mass is 503 g/mol. The van der Waals surface area contributed by atoms with Gasteiger partial charge in [0.15, 0.2) is 0 Å². The molecule has 1 heterocycles. The molecule has 1 saturated heterocycles. The second-order valence-electron chi connectivity index (χ2n) is 9.52. The molecule has 2 amide bonds. The van der Waals surface area contributed by atoms with E-state index in [4.69, 9.17) is 4.74 Å². The van der Waals surface area contributed by atoms with Crippen molar-refractivity contribution in [3.05, 3.63) is 71.3 Å². The van der Waals surface area contributed by atoms with Gasteiger partial charge in [-0.3, -0.25) is 14.5 Å². The lowest BCUT2D eigenvalue weighted by Crippen LogP contribution is -2.47. The van der Waals surface area contributed by atoms with Gasteiger partial charge in [0.05, 0.1) is 30.9 Å². The van der Waals surface area contributed by atoms with E-state index < -0.39 is 23.6 Å². The van der Waals surface area contributed by atoms with E-state index in [1.54, 1.807) is 0 Å². The predicted octanol–water partition coefficient (Wildman–Crippen LogP) is 4.15. The number of ether oxygens (including phenoxy) is 1. The maximum Gasteiger partial charge on any atom is 0.416 e. The molecule has 2 fully saturated rings. The fourth-order valence-electron chi connectivity index (χ4n) is 4.99. The lowest BCUT2D eigenvalue weighted by molar-refractivity contribution is -0.137. The predicted molar refractivity (Wildman–Crippen MR) is 129 cm³/mol. The van der Waals surface area contributed by atoms with Gasteiger partial charge in [0.1, 0.15) is 0 Å². The Morgan fingerprint density at radius 1 is 0.972 bits per heavy atom. The minimum Gasteiger partial charge on any atom is -0.370 e. The number of hydrogen-bond donors (Lipinski definition) is 2. The van der Waals surface area contributed by atoms with Gasteiger partial charge >= 0.3 is 6.18 Å². The lowest BCUT2D eigenvalue weighted by Gasteiger charge is -2.30. The maximum absolute atomic E-state index is 12.9. The average molecular weight is 504 g/mol. The highest BCUT2D eigenvalue weighted by atomic mass is 19.4. The SMILES string of the molecule is O=C(CNC(=O)c1cccc(C(F)(F)F)c1)N[C@H]1CN(C2CCCCC2)C[C@@H]1OCc1ccccc1. The zero-order chi connectivity index (χ0) is 25.5. The molecule has 2 N–H and O–H groups in total. The molecule has 0 unspecified atom stereocenters. The van der Waals surface area contributed by atoms with Gasteiger partial charge in [0.25, 0.3) is 5.91 Å². The second-order valence-corrected chi connectivity index (χ2v) is 9.52. The first kappa shape index (κ1) is 26.2. The smallest absolute Gasteiger partial charge is 0.370 e. The Hall–Kier alpha value is -2.91. The number of nitrogens with one attached hydrogen (secondary N) is 2. The standard InChI is InChI=1S/C27H32F3N3O3/c28-27(29,30)21-11-7-10-20(14-21)26(35)31-15-25(34)32-23-16-33(22-12-5-2-6-13-22)17-24(23)36-18-19-8-3-1-4-9-19/h1,3-4,7-11,14,22-24H,2,5-6,12-13,15-18H2,(H,31,35)(H,32,34)/t23-,24-/m0/s1. The molecule has 1 saturated carbocycles. The summed E-state index contributed by atoms with van der Waals surface area (Å²) in [5, 5.41) is 5.40. The van der Waals surface area contributed by atoms with Crippen LogP contribution in [0.3, 0.4) is 0 Å². The molecule has 2 aliphatic rings. The summed E-state index contributed by atoms with van der Waals surface area (Å²) < 4.78 is 45.0. The van der Waals surface area contributed by atoms with E-state index in [0.29, 0.717) is 19.2 Å². The van der Waals surface area contributed by atoms with Crippen molar-refractivity contribution < 1.29 is 27.5 Å². The topological polar surface area (TPSA) is 70.7 Å². The Labute approximate surface area is 209 Å². The quantitative estimate of drug-likeness (QED) is 0.568. The first-order valence-electron chi connectivity index (χ1n) is 12.4. The van der Waals surface area contributed by atoms with Crippen LogP contribution in [0, 0.1) is 0 Å². The number of likely N-dealkylation sites (tertiary alicyclic amines) is 1. The number of carbonyl (C=O) groups excluding carboxylic acids is 2. The Morgan fingerprint density at radius 2 is 1.72 bits per heavy atom. The first-order valence-corrected chi connectivity index (χ1v) is 12.4. The van der Waals surface area contributed by atoms with Gasteiger partial charge in [-0.2, -0.15) is 13.2 Å². The first-order chi connectivity index (χ1) is 17.3. The van der Waals surface area contributed by atoms with Gasteiger partial charge in [-0.05, 0) is 36.6 Å². The Bertz CT molecular complexity index is 1030. The lowest BCUT2D eigenvalue weighted by atomic mass is 9.94. The molecule has 36 heavy (non-hydrogen) atoms. The molecule has 0 aromatic heterocycles. The number of benzene rings is 2. The fraction of sp³-hybridized carbons (Fsp3) is 0.481. The average Bonchev–Trinajstić information content (AvgIpc) is 3.29. The van der Waals surface area contributed by atoms with Gasteiger partial charge in [0.2, 0.25) is 5.91 Å². The van der Waals surface area contributed by atoms with Crippen molar-refractivity contribution in [3.63, 3.8) is 0 Å². The van der Waals surface area contributed by atoms with Crippen molar-refractivity contribution in [2.24, 2.45) is 0 Å². The molecule has 1 aliphatic heterocycles. The van der Waals surface area contributed by atoms with Gasteiger partial charge in [0, 0.05) is 24.7 Å². The molecule has 1 aliphatic carbocycles. The summed E-state index contributed by atoms with van der Waals surface area (Å²) >= 11 is 0. The molecule has 2 aromatic carbocycles. The zero-order valence-electron chi connectivity index (χ0n) is 20.1. The molecule has 0 bridgehead atoms. The van der Waals surface area contributed by atoms with Crippen LogP contribution in [0.15, 0.2) is 54.6 Å². The third kappa shape index (κ3) is 7.07. The largest absolute Gasteiger partial charge is 0.416 e. The number of alkyl halides is 3.